The number of hydrogen-bond donors (Lipinski definition) is 1. The predicted octanol–water partition coefficient (Wildman–Crippen LogP) is 0.551. The summed E-state index contributed by atoms with van der Waals surface area (Å²) >= 11 is 0. The highest BCUT2D eigenvalue weighted by atomic mass is 16.6. The second-order valence-electron chi connectivity index (χ2n) is 8.23. The number of aliphatic carboxylic acids is 1. The Morgan fingerprint density at radius 1 is 1.00 bits per heavy atom. The number of nitro groups is 1. The zero-order valence-electron chi connectivity index (χ0n) is 17.4. The van der Waals surface area contributed by atoms with Crippen LogP contribution in [-0.4, -0.2) is 115 Å². The van der Waals surface area contributed by atoms with Crippen molar-refractivity contribution >= 4 is 5.97 Å². The molecule has 0 saturated carbocycles. The van der Waals surface area contributed by atoms with E-state index in [0.29, 0.717) is 6.54 Å². The molecule has 0 aromatic rings. The monoisotopic (exact) mass is 398 g/mol. The van der Waals surface area contributed by atoms with Gasteiger partial charge in [0.25, 0.3) is 0 Å². The largest absolute Gasteiger partial charge is 0.481 e. The van der Waals surface area contributed by atoms with Crippen molar-refractivity contribution in [2.45, 2.75) is 26.2 Å². The standard InChI is InChI=1S/C19H36N5O4/c1-17(24(27)28)15-18(19(25)26)16-23-8-4-7-21-10-9-20(2)5-3-6-22(12-11-21)13-14-23/h18H,3-16H2,1-2H3,(H,25,26)/q-1. The van der Waals surface area contributed by atoms with Crippen LogP contribution in [0.4, 0.5) is 0 Å². The van der Waals surface area contributed by atoms with Crippen molar-refractivity contribution in [3.8, 4) is 0 Å². The van der Waals surface area contributed by atoms with E-state index in [-0.39, 0.29) is 12.5 Å². The van der Waals surface area contributed by atoms with Crippen molar-refractivity contribution in [1.82, 2.24) is 19.6 Å². The van der Waals surface area contributed by atoms with Crippen LogP contribution in [-0.2, 0) is 4.79 Å². The van der Waals surface area contributed by atoms with Gasteiger partial charge in [0.05, 0.1) is 5.92 Å². The molecule has 0 aliphatic carbocycles. The summed E-state index contributed by atoms with van der Waals surface area (Å²) in [5.41, 5.74) is 0. The van der Waals surface area contributed by atoms with Gasteiger partial charge < -0.3 is 24.7 Å². The second kappa shape index (κ2) is 11.5. The van der Waals surface area contributed by atoms with Gasteiger partial charge in [-0.15, -0.1) is 11.8 Å². The third-order valence-corrected chi connectivity index (χ3v) is 5.91. The maximum absolute atomic E-state index is 11.7. The molecule has 2 rings (SSSR count). The van der Waals surface area contributed by atoms with Crippen molar-refractivity contribution in [3.05, 3.63) is 16.2 Å². The molecule has 2 fully saturated rings. The first-order valence-electron chi connectivity index (χ1n) is 10.4. The van der Waals surface area contributed by atoms with Crippen molar-refractivity contribution in [2.24, 2.45) is 5.92 Å². The summed E-state index contributed by atoms with van der Waals surface area (Å²) in [6.07, 6.45) is 2.14. The third kappa shape index (κ3) is 7.90. The lowest BCUT2D eigenvalue weighted by Gasteiger charge is -2.36. The lowest BCUT2D eigenvalue weighted by atomic mass is 10.00. The van der Waals surface area contributed by atoms with Crippen LogP contribution in [0.25, 0.3) is 0 Å². The molecule has 0 spiro atoms. The molecular formula is C19H36N5O4-. The quantitative estimate of drug-likeness (QED) is 0.394. The van der Waals surface area contributed by atoms with Gasteiger partial charge in [-0.2, -0.15) is 0 Å². The fourth-order valence-electron chi connectivity index (χ4n) is 4.01. The lowest BCUT2D eigenvalue weighted by molar-refractivity contribution is -0.466. The summed E-state index contributed by atoms with van der Waals surface area (Å²) in [5.74, 6) is -1.68. The molecule has 162 valence electrons. The van der Waals surface area contributed by atoms with E-state index in [2.05, 4.69) is 26.6 Å². The highest BCUT2D eigenvalue weighted by Gasteiger charge is 2.23. The minimum absolute atomic E-state index is 0.000999. The van der Waals surface area contributed by atoms with E-state index < -0.39 is 16.8 Å². The molecule has 28 heavy (non-hydrogen) atoms. The fraction of sp³-hybridized carbons (Fsp3) is 0.895. The number of carboxylic acid groups (broad SMARTS) is 1. The molecule has 0 radical (unpaired) electrons. The van der Waals surface area contributed by atoms with E-state index in [9.17, 15) is 20.0 Å². The topological polar surface area (TPSA) is 93.4 Å². The Morgan fingerprint density at radius 2 is 1.57 bits per heavy atom. The van der Waals surface area contributed by atoms with Crippen LogP contribution in [0.3, 0.4) is 0 Å². The molecule has 9 heteroatoms. The van der Waals surface area contributed by atoms with E-state index >= 15 is 0 Å². The molecule has 3 atom stereocenters. The summed E-state index contributed by atoms with van der Waals surface area (Å²) in [7, 11) is 2.19. The van der Waals surface area contributed by atoms with Gasteiger partial charge >= 0.3 is 5.97 Å². The fourth-order valence-corrected chi connectivity index (χ4v) is 4.01. The van der Waals surface area contributed by atoms with Gasteiger partial charge in [-0.3, -0.25) is 14.9 Å². The van der Waals surface area contributed by atoms with E-state index in [4.69, 9.17) is 0 Å². The van der Waals surface area contributed by atoms with Crippen molar-refractivity contribution in [3.63, 3.8) is 0 Å². The first-order valence-corrected chi connectivity index (χ1v) is 10.4. The number of hydrogen-bond acceptors (Lipinski definition) is 7. The molecule has 0 amide bonds. The molecule has 0 aromatic carbocycles. The van der Waals surface area contributed by atoms with Gasteiger partial charge in [0.2, 0.25) is 0 Å². The molecule has 1 N–H and O–H groups in total. The van der Waals surface area contributed by atoms with Crippen molar-refractivity contribution < 1.29 is 14.8 Å². The zero-order valence-corrected chi connectivity index (χ0v) is 17.4. The Balaban J connectivity index is 1.99. The summed E-state index contributed by atoms with van der Waals surface area (Å²) in [4.78, 5) is 31.7. The van der Waals surface area contributed by atoms with Gasteiger partial charge in [0, 0.05) is 45.8 Å². The third-order valence-electron chi connectivity index (χ3n) is 5.91. The van der Waals surface area contributed by atoms with E-state index in [1.165, 1.54) is 6.92 Å². The van der Waals surface area contributed by atoms with Crippen molar-refractivity contribution in [1.29, 1.82) is 0 Å². The number of fused-ring (bicyclic) bond motifs is 3. The molecular weight excluding hydrogens is 362 g/mol. The van der Waals surface area contributed by atoms with Gasteiger partial charge in [0.15, 0.2) is 0 Å². The van der Waals surface area contributed by atoms with E-state index in [1.807, 2.05) is 0 Å². The highest BCUT2D eigenvalue weighted by molar-refractivity contribution is 5.70. The maximum atomic E-state index is 11.7. The molecule has 2 heterocycles. The summed E-state index contributed by atoms with van der Waals surface area (Å²) in [6, 6.07) is 0.0209. The highest BCUT2D eigenvalue weighted by Crippen LogP contribution is 2.17. The number of likely N-dealkylation sites (N-methyl/N-ethyl adjacent to an activating group) is 1. The lowest BCUT2D eigenvalue weighted by Crippen LogP contribution is -2.47. The molecule has 2 aliphatic rings. The maximum Gasteiger partial charge on any atom is 0.305 e. The van der Waals surface area contributed by atoms with Crippen LogP contribution in [0.15, 0.2) is 0 Å². The first kappa shape index (κ1) is 22.9. The summed E-state index contributed by atoms with van der Waals surface area (Å²) in [5, 5.41) is 20.5. The van der Waals surface area contributed by atoms with Gasteiger partial charge in [-0.25, -0.2) is 0 Å². The molecule has 2 saturated heterocycles. The average Bonchev–Trinajstić information content (AvgIpc) is 2.65. The number of rotatable bonds is 6. The van der Waals surface area contributed by atoms with Crippen LogP contribution in [0.5, 0.6) is 0 Å². The van der Waals surface area contributed by atoms with E-state index in [1.54, 1.807) is 0 Å². The molecule has 0 aromatic heterocycles. The number of carboxylic acids is 1. The Morgan fingerprint density at radius 3 is 2.18 bits per heavy atom. The average molecular weight is 399 g/mol. The smallest absolute Gasteiger partial charge is 0.305 e. The number of carbonyl (C=O) groups is 1. The molecule has 2 aliphatic heterocycles. The Kier molecular flexibility index (Phi) is 9.43. The SMILES string of the molecule is C[C-](CC(CN1CCCN2CCN(C)CCCN(CC2)CC1)C(=O)O)[N+](=O)[O-]. The Bertz CT molecular complexity index is 507. The van der Waals surface area contributed by atoms with Gasteiger partial charge in [-0.05, 0) is 52.1 Å². The Hall–Kier alpha value is -1.42. The van der Waals surface area contributed by atoms with Crippen LogP contribution in [0.1, 0.15) is 26.2 Å². The minimum Gasteiger partial charge on any atom is -0.481 e. The zero-order chi connectivity index (χ0) is 20.5. The second-order valence-corrected chi connectivity index (χ2v) is 8.23. The first-order chi connectivity index (χ1) is 13.3. The Labute approximate surface area is 168 Å². The molecule has 2 bridgehead atoms. The van der Waals surface area contributed by atoms with Crippen molar-refractivity contribution in [2.75, 3.05) is 79.0 Å². The van der Waals surface area contributed by atoms with Crippen LogP contribution in [0.2, 0.25) is 0 Å². The normalized spacial score (nSPS) is 27.1. The van der Waals surface area contributed by atoms with Crippen LogP contribution >= 0.6 is 0 Å². The summed E-state index contributed by atoms with van der Waals surface area (Å²) in [6.45, 7) is 11.8. The predicted molar refractivity (Wildman–Crippen MR) is 108 cm³/mol. The van der Waals surface area contributed by atoms with Gasteiger partial charge in [0.1, 0.15) is 0 Å². The molecule has 9 nitrogen and oxygen atoms in total. The van der Waals surface area contributed by atoms with Crippen LogP contribution < -0.4 is 0 Å². The van der Waals surface area contributed by atoms with Gasteiger partial charge in [-0.1, -0.05) is 6.42 Å². The number of nitrogens with zero attached hydrogens (tertiary/aromatic N) is 5. The summed E-state index contributed by atoms with van der Waals surface area (Å²) < 4.78 is 0. The van der Waals surface area contributed by atoms with Crippen LogP contribution in [0, 0.1) is 22.1 Å². The minimum atomic E-state index is -0.950. The molecule has 3 unspecified atom stereocenters. The van der Waals surface area contributed by atoms with E-state index in [0.717, 1.165) is 78.3 Å².